The molecular weight excluding hydrogens is 482 g/mol. The normalized spacial score (nSPS) is 11.7. The molecule has 1 atom stereocenters. The maximum absolute atomic E-state index is 13.2. The average Bonchev–Trinajstić information content (AvgIpc) is 2.93. The van der Waals surface area contributed by atoms with Crippen molar-refractivity contribution in [2.24, 2.45) is 5.73 Å². The monoisotopic (exact) mass is 513 g/mol. The van der Waals surface area contributed by atoms with Crippen LogP contribution in [-0.4, -0.2) is 37.4 Å². The average molecular weight is 514 g/mol. The lowest BCUT2D eigenvalue weighted by Gasteiger charge is -2.16. The summed E-state index contributed by atoms with van der Waals surface area (Å²) < 4.78 is 10.6. The van der Waals surface area contributed by atoms with Crippen LogP contribution in [0, 0.1) is 6.92 Å². The van der Waals surface area contributed by atoms with Crippen molar-refractivity contribution in [1.82, 2.24) is 4.98 Å². The predicted octanol–water partition coefficient (Wildman–Crippen LogP) is 4.81. The fraction of sp³-hybridized carbons (Fsp3) is 0.233. The minimum Gasteiger partial charge on any atom is -0.493 e. The van der Waals surface area contributed by atoms with Gasteiger partial charge in [0.15, 0.2) is 17.3 Å². The molecule has 4 rings (SSSR count). The number of nitrogens with one attached hydrogen (secondary N) is 2. The lowest BCUT2D eigenvalue weighted by atomic mass is 9.89. The van der Waals surface area contributed by atoms with Crippen molar-refractivity contribution in [3.8, 4) is 11.5 Å². The molecule has 4 N–H and O–H groups in total. The second-order valence-corrected chi connectivity index (χ2v) is 9.10. The van der Waals surface area contributed by atoms with Crippen LogP contribution in [-0.2, 0) is 0 Å². The number of Topliss-reactive ketones (excluding diaryl/α,β-unsaturated/α-hetero) is 1. The Hall–Kier alpha value is -4.43. The van der Waals surface area contributed by atoms with Crippen LogP contribution in [0.2, 0.25) is 0 Å². The number of carbonyl (C=O) groups is 2. The molecule has 0 fully saturated rings. The van der Waals surface area contributed by atoms with Crippen LogP contribution in [0.5, 0.6) is 11.5 Å². The third-order valence-electron chi connectivity index (χ3n) is 6.62. The van der Waals surface area contributed by atoms with Gasteiger partial charge in [-0.25, -0.2) is 0 Å². The minimum absolute atomic E-state index is 0.000168. The molecule has 0 spiro atoms. The molecule has 8 heteroatoms. The Morgan fingerprint density at radius 2 is 1.68 bits per heavy atom. The summed E-state index contributed by atoms with van der Waals surface area (Å²) in [4.78, 5) is 41.8. The second-order valence-electron chi connectivity index (χ2n) is 9.10. The largest absolute Gasteiger partial charge is 0.493 e. The molecule has 196 valence electrons. The van der Waals surface area contributed by atoms with Gasteiger partial charge < -0.3 is 25.5 Å². The highest BCUT2D eigenvalue weighted by Gasteiger charge is 2.19. The summed E-state index contributed by atoms with van der Waals surface area (Å²) in [5.74, 6) is 0.308. The first-order chi connectivity index (χ1) is 18.3. The van der Waals surface area contributed by atoms with Gasteiger partial charge >= 0.3 is 0 Å². The van der Waals surface area contributed by atoms with Crippen LogP contribution in [0.4, 0.5) is 5.69 Å². The van der Waals surface area contributed by atoms with E-state index in [1.165, 1.54) is 20.3 Å². The van der Waals surface area contributed by atoms with Crippen LogP contribution in [0.1, 0.15) is 50.6 Å². The first-order valence-electron chi connectivity index (χ1n) is 12.3. The molecule has 0 aliphatic rings. The number of ether oxygens (including phenoxy) is 2. The van der Waals surface area contributed by atoms with E-state index in [-0.39, 0.29) is 17.3 Å². The van der Waals surface area contributed by atoms with Gasteiger partial charge in [-0.1, -0.05) is 42.5 Å². The zero-order valence-corrected chi connectivity index (χ0v) is 21.7. The number of anilines is 1. The number of nitrogens with two attached hydrogens (primary N) is 1. The molecular formula is C30H31N3O5. The third-order valence-corrected chi connectivity index (χ3v) is 6.62. The lowest BCUT2D eigenvalue weighted by Crippen LogP contribution is -2.23. The number of rotatable bonds is 10. The number of amides is 1. The number of aromatic nitrogens is 1. The third kappa shape index (κ3) is 5.76. The van der Waals surface area contributed by atoms with Crippen LogP contribution in [0.3, 0.4) is 0 Å². The second kappa shape index (κ2) is 11.7. The number of ketones is 1. The van der Waals surface area contributed by atoms with E-state index in [9.17, 15) is 14.4 Å². The summed E-state index contributed by atoms with van der Waals surface area (Å²) >= 11 is 0. The van der Waals surface area contributed by atoms with Gasteiger partial charge in [-0.3, -0.25) is 14.4 Å². The van der Waals surface area contributed by atoms with Crippen LogP contribution in [0.25, 0.3) is 10.9 Å². The predicted molar refractivity (Wildman–Crippen MR) is 149 cm³/mol. The summed E-state index contributed by atoms with van der Waals surface area (Å²) in [6, 6.07) is 19.9. The quantitative estimate of drug-likeness (QED) is 0.262. The van der Waals surface area contributed by atoms with Crippen molar-refractivity contribution >= 4 is 28.3 Å². The highest BCUT2D eigenvalue weighted by molar-refractivity contribution is 6.07. The molecule has 0 bridgehead atoms. The number of aryl methyl sites for hydroxylation is 1. The topological polar surface area (TPSA) is 124 Å². The van der Waals surface area contributed by atoms with E-state index in [0.717, 1.165) is 11.1 Å². The van der Waals surface area contributed by atoms with Crippen molar-refractivity contribution in [2.45, 2.75) is 25.7 Å². The molecule has 0 saturated heterocycles. The van der Waals surface area contributed by atoms with E-state index in [4.69, 9.17) is 15.2 Å². The van der Waals surface area contributed by atoms with Gasteiger partial charge in [0.2, 0.25) is 0 Å². The standard InChI is InChI=1S/C30H31N3O5/c1-18-9-10-21(26(34)15-20(11-12-31)19-7-5-4-6-8-19)14-24(18)32-29(35)23-13-22-16-27(37-2)28(38-3)17-25(22)33-30(23)36/h4-10,13-14,16-17,20H,11-12,15,31H2,1-3H3,(H,32,35)(H,33,36)/t20-/m1/s1. The van der Waals surface area contributed by atoms with Crippen LogP contribution >= 0.6 is 0 Å². The van der Waals surface area contributed by atoms with E-state index in [1.54, 1.807) is 30.3 Å². The van der Waals surface area contributed by atoms with Gasteiger partial charge in [-0.2, -0.15) is 0 Å². The number of carbonyl (C=O) groups excluding carboxylic acids is 2. The summed E-state index contributed by atoms with van der Waals surface area (Å²) in [5, 5.41) is 3.41. The summed E-state index contributed by atoms with van der Waals surface area (Å²) in [6.45, 7) is 2.30. The molecule has 38 heavy (non-hydrogen) atoms. The van der Waals surface area contributed by atoms with E-state index >= 15 is 0 Å². The minimum atomic E-state index is -0.582. The maximum Gasteiger partial charge on any atom is 0.261 e. The van der Waals surface area contributed by atoms with Gasteiger partial charge in [0.25, 0.3) is 11.5 Å². The summed E-state index contributed by atoms with van der Waals surface area (Å²) in [5.41, 5.74) is 8.49. The maximum atomic E-state index is 13.2. The Kier molecular flexibility index (Phi) is 8.23. The van der Waals surface area contributed by atoms with E-state index in [1.807, 2.05) is 37.3 Å². The number of benzene rings is 3. The van der Waals surface area contributed by atoms with Crippen molar-refractivity contribution in [1.29, 1.82) is 0 Å². The molecule has 4 aromatic rings. The number of aromatic amines is 1. The zero-order chi connectivity index (χ0) is 27.2. The van der Waals surface area contributed by atoms with E-state index in [2.05, 4.69) is 10.3 Å². The van der Waals surface area contributed by atoms with Crippen molar-refractivity contribution in [3.05, 3.63) is 99.3 Å². The fourth-order valence-electron chi connectivity index (χ4n) is 4.48. The summed E-state index contributed by atoms with van der Waals surface area (Å²) in [6.07, 6.45) is 0.986. The Morgan fingerprint density at radius 1 is 0.974 bits per heavy atom. The number of hydrogen-bond acceptors (Lipinski definition) is 6. The van der Waals surface area contributed by atoms with Crippen LogP contribution < -0.4 is 26.1 Å². The van der Waals surface area contributed by atoms with E-state index in [0.29, 0.717) is 53.0 Å². The molecule has 0 aliphatic heterocycles. The molecule has 1 amide bonds. The number of H-pyrrole nitrogens is 1. The first kappa shape index (κ1) is 26.6. The molecule has 0 saturated carbocycles. The van der Waals surface area contributed by atoms with Gasteiger partial charge in [0.05, 0.1) is 19.7 Å². The fourth-order valence-corrected chi connectivity index (χ4v) is 4.48. The van der Waals surface area contributed by atoms with Gasteiger partial charge in [-0.15, -0.1) is 0 Å². The van der Waals surface area contributed by atoms with Crippen molar-refractivity contribution < 1.29 is 19.1 Å². The molecule has 0 radical (unpaired) electrons. The Bertz CT molecular complexity index is 1530. The number of methoxy groups -OCH3 is 2. The number of fused-ring (bicyclic) bond motifs is 1. The van der Waals surface area contributed by atoms with E-state index < -0.39 is 11.5 Å². The van der Waals surface area contributed by atoms with Gasteiger partial charge in [0.1, 0.15) is 5.56 Å². The molecule has 0 unspecified atom stereocenters. The van der Waals surface area contributed by atoms with Gasteiger partial charge in [0, 0.05) is 29.1 Å². The number of pyridine rings is 1. The molecule has 3 aromatic carbocycles. The summed E-state index contributed by atoms with van der Waals surface area (Å²) in [7, 11) is 3.02. The SMILES string of the molecule is COc1cc2cc(C(=O)Nc3cc(C(=O)C[C@@H](CCN)c4ccccc4)ccc3C)c(=O)[nH]c2cc1OC. The molecule has 1 heterocycles. The first-order valence-corrected chi connectivity index (χ1v) is 12.3. The molecule has 0 aliphatic carbocycles. The van der Waals surface area contributed by atoms with Crippen molar-refractivity contribution in [2.75, 3.05) is 26.1 Å². The Labute approximate surface area is 220 Å². The molecule has 8 nitrogen and oxygen atoms in total. The Morgan fingerprint density at radius 3 is 2.37 bits per heavy atom. The van der Waals surface area contributed by atoms with Crippen molar-refractivity contribution in [3.63, 3.8) is 0 Å². The Balaban J connectivity index is 1.58. The lowest BCUT2D eigenvalue weighted by molar-refractivity contribution is 0.0970. The highest BCUT2D eigenvalue weighted by atomic mass is 16.5. The van der Waals surface area contributed by atoms with Gasteiger partial charge in [-0.05, 0) is 55.1 Å². The molecule has 1 aromatic heterocycles. The zero-order valence-electron chi connectivity index (χ0n) is 21.7. The van der Waals surface area contributed by atoms with Crippen LogP contribution in [0.15, 0.2) is 71.5 Å². The highest BCUT2D eigenvalue weighted by Crippen LogP contribution is 2.31. The number of hydrogen-bond donors (Lipinski definition) is 3. The smallest absolute Gasteiger partial charge is 0.261 e.